The van der Waals surface area contributed by atoms with Crippen molar-refractivity contribution in [1.82, 2.24) is 10.4 Å². The van der Waals surface area contributed by atoms with Crippen LogP contribution in [0, 0.1) is 0 Å². The monoisotopic (exact) mass is 248 g/mol. The third-order valence-corrected chi connectivity index (χ3v) is 2.14. The average Bonchev–Trinajstić information content (AvgIpc) is 2.23. The van der Waals surface area contributed by atoms with Crippen molar-refractivity contribution in [3.63, 3.8) is 0 Å². The summed E-state index contributed by atoms with van der Waals surface area (Å²) in [5.41, 5.74) is 1.76. The van der Waals surface area contributed by atoms with Gasteiger partial charge in [0.1, 0.15) is 6.10 Å². The van der Waals surface area contributed by atoms with Gasteiger partial charge in [-0.05, 0) is 0 Å². The van der Waals surface area contributed by atoms with E-state index in [0.29, 0.717) is 17.6 Å². The van der Waals surface area contributed by atoms with Gasteiger partial charge < -0.3 is 9.59 Å². The van der Waals surface area contributed by atoms with Gasteiger partial charge in [-0.15, -0.1) is 0 Å². The van der Waals surface area contributed by atoms with Crippen molar-refractivity contribution in [2.24, 2.45) is 11.7 Å². The molecule has 0 spiro atoms. The zero-order valence-corrected chi connectivity index (χ0v) is 10.5. The maximum absolute atomic E-state index is 11.5. The minimum Gasteiger partial charge on any atom is -0.383 e. The summed E-state index contributed by atoms with van der Waals surface area (Å²) in [6.45, 7) is 1.01. The number of amides is 2. The highest BCUT2D eigenvalue weighted by Gasteiger charge is 2.21. The fraction of sp³-hybridized carbons (Fsp3) is 0.778. The molecule has 0 aliphatic heterocycles. The molecule has 0 aliphatic carbocycles. The van der Waals surface area contributed by atoms with E-state index in [4.69, 9.17) is 11.7 Å². The average molecular weight is 248 g/mol. The van der Waals surface area contributed by atoms with Gasteiger partial charge >= 0.3 is 0 Å². The molecule has 0 fully saturated rings. The topological polar surface area (TPSA) is 122 Å². The second-order valence-electron chi connectivity index (χ2n) is 4.83. The minimum atomic E-state index is -1.47. The van der Waals surface area contributed by atoms with E-state index >= 15 is 0 Å². The number of hydrogen-bond acceptors (Lipinski definition) is 5. The molecule has 0 radical (unpaired) electrons. The highest BCUT2D eigenvalue weighted by Crippen LogP contribution is 1.97. The van der Waals surface area contributed by atoms with Gasteiger partial charge in [0.2, 0.25) is 5.91 Å². The van der Waals surface area contributed by atoms with Crippen LogP contribution in [0.2, 0.25) is 0 Å². The Hall–Kier alpha value is -1.22. The van der Waals surface area contributed by atoms with Crippen molar-refractivity contribution in [2.45, 2.75) is 12.5 Å². The summed E-state index contributed by atoms with van der Waals surface area (Å²) in [7, 11) is 5.90. The number of carbonyl (C=O) groups excluding carboxylic acids is 2. The Morgan fingerprint density at radius 1 is 1.41 bits per heavy atom. The van der Waals surface area contributed by atoms with Crippen molar-refractivity contribution in [2.75, 3.05) is 34.2 Å². The van der Waals surface area contributed by atoms with Gasteiger partial charge in [-0.1, -0.05) is 0 Å². The van der Waals surface area contributed by atoms with Crippen LogP contribution < -0.4 is 17.1 Å². The Balaban J connectivity index is 4.10. The summed E-state index contributed by atoms with van der Waals surface area (Å²) in [4.78, 5) is 22.4. The Morgan fingerprint density at radius 2 is 1.94 bits per heavy atom. The number of quaternary nitrogens is 1. The highest BCUT2D eigenvalue weighted by atomic mass is 16.3. The number of carbonyl (C=O) groups is 2. The fourth-order valence-electron chi connectivity index (χ4n) is 1.00. The predicted octanol–water partition coefficient (Wildman–Crippen LogP) is -2.86. The SMILES string of the molecule is C[N+](C)(C)CCN(N)C(=O)CC(O)C(=O)NN. The van der Waals surface area contributed by atoms with Gasteiger partial charge in [-0.2, -0.15) is 0 Å². The van der Waals surface area contributed by atoms with Crippen LogP contribution in [0.3, 0.4) is 0 Å². The van der Waals surface area contributed by atoms with Gasteiger partial charge in [0.25, 0.3) is 5.91 Å². The van der Waals surface area contributed by atoms with E-state index in [1.807, 2.05) is 21.1 Å². The Morgan fingerprint density at radius 3 is 2.35 bits per heavy atom. The largest absolute Gasteiger partial charge is 0.383 e. The molecule has 17 heavy (non-hydrogen) atoms. The van der Waals surface area contributed by atoms with Crippen molar-refractivity contribution >= 4 is 11.8 Å². The van der Waals surface area contributed by atoms with Crippen molar-refractivity contribution in [3.05, 3.63) is 0 Å². The summed E-state index contributed by atoms with van der Waals surface area (Å²) >= 11 is 0. The number of nitrogens with zero attached hydrogens (tertiary/aromatic N) is 2. The van der Waals surface area contributed by atoms with Crippen LogP contribution in [0.5, 0.6) is 0 Å². The number of rotatable bonds is 6. The molecule has 0 saturated carbocycles. The molecular formula is C9H22N5O3+. The zero-order valence-electron chi connectivity index (χ0n) is 10.5. The lowest BCUT2D eigenvalue weighted by Gasteiger charge is -2.26. The summed E-state index contributed by atoms with van der Waals surface area (Å²) in [6, 6.07) is 0. The van der Waals surface area contributed by atoms with Crippen LogP contribution in [-0.4, -0.2) is 66.7 Å². The first-order valence-electron chi connectivity index (χ1n) is 5.21. The maximum atomic E-state index is 11.5. The van der Waals surface area contributed by atoms with Crippen LogP contribution in [0.1, 0.15) is 6.42 Å². The molecule has 0 saturated heterocycles. The van der Waals surface area contributed by atoms with Gasteiger partial charge in [-0.25, -0.2) is 11.7 Å². The molecule has 0 aromatic carbocycles. The van der Waals surface area contributed by atoms with E-state index in [0.717, 1.165) is 5.01 Å². The molecule has 8 heteroatoms. The smallest absolute Gasteiger partial charge is 0.263 e. The van der Waals surface area contributed by atoms with Crippen molar-refractivity contribution in [3.8, 4) is 0 Å². The van der Waals surface area contributed by atoms with Gasteiger partial charge in [-0.3, -0.25) is 20.0 Å². The Labute approximate surface area is 101 Å². The van der Waals surface area contributed by atoms with Crippen LogP contribution in [0.25, 0.3) is 0 Å². The Kier molecular flexibility index (Phi) is 6.03. The minimum absolute atomic E-state index is 0.347. The van der Waals surface area contributed by atoms with Crippen LogP contribution in [-0.2, 0) is 9.59 Å². The van der Waals surface area contributed by atoms with Gasteiger partial charge in [0.05, 0.1) is 40.7 Å². The van der Waals surface area contributed by atoms with Crippen molar-refractivity contribution < 1.29 is 19.2 Å². The maximum Gasteiger partial charge on any atom is 0.263 e. The molecule has 100 valence electrons. The molecule has 8 nitrogen and oxygen atoms in total. The van der Waals surface area contributed by atoms with E-state index in [1.54, 1.807) is 5.43 Å². The van der Waals surface area contributed by atoms with Crippen molar-refractivity contribution in [1.29, 1.82) is 0 Å². The first-order valence-corrected chi connectivity index (χ1v) is 5.21. The summed E-state index contributed by atoms with van der Waals surface area (Å²) < 4.78 is 0.660. The van der Waals surface area contributed by atoms with E-state index in [9.17, 15) is 14.7 Å². The summed E-state index contributed by atoms with van der Waals surface area (Å²) in [5, 5.41) is 10.3. The molecule has 1 atom stereocenters. The highest BCUT2D eigenvalue weighted by molar-refractivity contribution is 5.86. The third-order valence-electron chi connectivity index (χ3n) is 2.14. The quantitative estimate of drug-likeness (QED) is 0.174. The standard InChI is InChI=1S/C9H21N5O3/c1-14(2,3)5-4-13(11)8(16)6-7(15)9(17)12-10/h7,15H,4-6,10-11H2,1-3H3/p+1. The summed E-state index contributed by atoms with van der Waals surface area (Å²) in [6.07, 6.45) is -1.85. The first kappa shape index (κ1) is 15.8. The second-order valence-corrected chi connectivity index (χ2v) is 4.83. The Bertz CT molecular complexity index is 276. The second kappa shape index (κ2) is 6.50. The molecule has 0 bridgehead atoms. The van der Waals surface area contributed by atoms with Crippen LogP contribution in [0.4, 0.5) is 0 Å². The van der Waals surface area contributed by atoms with E-state index in [1.165, 1.54) is 0 Å². The lowest BCUT2D eigenvalue weighted by molar-refractivity contribution is -0.869. The number of hydrogen-bond donors (Lipinski definition) is 4. The molecule has 1 unspecified atom stereocenters. The predicted molar refractivity (Wildman–Crippen MR) is 61.8 cm³/mol. The molecule has 0 aromatic rings. The van der Waals surface area contributed by atoms with E-state index in [2.05, 4.69) is 0 Å². The zero-order chi connectivity index (χ0) is 13.6. The van der Waals surface area contributed by atoms with Gasteiger partial charge in [0.15, 0.2) is 0 Å². The van der Waals surface area contributed by atoms with Crippen LogP contribution in [0.15, 0.2) is 0 Å². The molecule has 0 rings (SSSR count). The lowest BCUT2D eigenvalue weighted by atomic mass is 10.2. The molecule has 6 N–H and O–H groups in total. The van der Waals surface area contributed by atoms with E-state index < -0.39 is 17.9 Å². The number of likely N-dealkylation sites (N-methyl/N-ethyl adjacent to an activating group) is 1. The normalized spacial score (nSPS) is 13.1. The van der Waals surface area contributed by atoms with E-state index in [-0.39, 0.29) is 6.42 Å². The number of hydrazine groups is 2. The lowest BCUT2D eigenvalue weighted by Crippen LogP contribution is -2.48. The van der Waals surface area contributed by atoms with Crippen LogP contribution >= 0.6 is 0 Å². The van der Waals surface area contributed by atoms with Gasteiger partial charge in [0, 0.05) is 0 Å². The molecule has 0 aromatic heterocycles. The molecular weight excluding hydrogens is 226 g/mol. The summed E-state index contributed by atoms with van der Waals surface area (Å²) in [5.74, 6) is 9.02. The number of aliphatic hydroxyl groups excluding tert-OH is 1. The molecule has 0 aliphatic rings. The molecule has 2 amide bonds. The number of nitrogens with one attached hydrogen (secondary N) is 1. The third kappa shape index (κ3) is 6.84. The molecule has 0 heterocycles. The fourth-order valence-corrected chi connectivity index (χ4v) is 1.00. The first-order chi connectivity index (χ1) is 7.67. The number of nitrogens with two attached hydrogens (primary N) is 2. The number of aliphatic hydroxyl groups is 1.